The number of hydrogen-bond donors (Lipinski definition) is 4. The van der Waals surface area contributed by atoms with Crippen LogP contribution in [0, 0.1) is 0 Å². The average Bonchev–Trinajstić information content (AvgIpc) is 3.04. The highest BCUT2D eigenvalue weighted by atomic mass is 16.5. The first-order valence-electron chi connectivity index (χ1n) is 9.23. The highest BCUT2D eigenvalue weighted by Crippen LogP contribution is 2.44. The summed E-state index contributed by atoms with van der Waals surface area (Å²) in [5.41, 5.74) is 4.46. The molecule has 1 aliphatic carbocycles. The molecule has 1 unspecified atom stereocenters. The van der Waals surface area contributed by atoms with Crippen LogP contribution >= 0.6 is 0 Å². The molecule has 0 spiro atoms. The summed E-state index contributed by atoms with van der Waals surface area (Å²) in [5, 5.41) is 22.3. The van der Waals surface area contributed by atoms with E-state index in [0.29, 0.717) is 0 Å². The normalized spacial score (nSPS) is 13.1. The van der Waals surface area contributed by atoms with Crippen LogP contribution in [-0.2, 0) is 14.3 Å². The monoisotopic (exact) mass is 398 g/mol. The minimum atomic E-state index is -1.36. The van der Waals surface area contributed by atoms with Gasteiger partial charge in [-0.05, 0) is 22.3 Å². The number of aliphatic hydroxyl groups excluding tert-OH is 1. The molecule has 29 heavy (non-hydrogen) atoms. The maximum atomic E-state index is 12.0. The SMILES string of the molecule is O=C(CCNC(=O)OCC1c2ccccc2-c2ccccc21)NC(CO)C(=O)O. The summed E-state index contributed by atoms with van der Waals surface area (Å²) in [6.45, 7) is -0.557. The summed E-state index contributed by atoms with van der Waals surface area (Å²) in [6.07, 6.45) is -0.787. The third-order valence-electron chi connectivity index (χ3n) is 4.78. The summed E-state index contributed by atoms with van der Waals surface area (Å²) in [4.78, 5) is 34.4. The maximum Gasteiger partial charge on any atom is 0.407 e. The highest BCUT2D eigenvalue weighted by Gasteiger charge is 2.29. The molecule has 0 fully saturated rings. The zero-order chi connectivity index (χ0) is 20.8. The molecule has 0 saturated heterocycles. The van der Waals surface area contributed by atoms with Gasteiger partial charge in [-0.2, -0.15) is 0 Å². The number of hydrogen-bond acceptors (Lipinski definition) is 5. The minimum absolute atomic E-state index is 0.0136. The van der Waals surface area contributed by atoms with Gasteiger partial charge in [0, 0.05) is 18.9 Å². The van der Waals surface area contributed by atoms with Crippen molar-refractivity contribution in [3.05, 3.63) is 59.7 Å². The lowest BCUT2D eigenvalue weighted by molar-refractivity contribution is -0.142. The van der Waals surface area contributed by atoms with Crippen LogP contribution in [0.15, 0.2) is 48.5 Å². The van der Waals surface area contributed by atoms with Gasteiger partial charge in [0.15, 0.2) is 0 Å². The van der Waals surface area contributed by atoms with Crippen molar-refractivity contribution < 1.29 is 29.3 Å². The van der Waals surface area contributed by atoms with Crippen molar-refractivity contribution in [3.8, 4) is 11.1 Å². The van der Waals surface area contributed by atoms with Gasteiger partial charge in [0.25, 0.3) is 0 Å². The van der Waals surface area contributed by atoms with Gasteiger partial charge in [0.1, 0.15) is 12.6 Å². The highest BCUT2D eigenvalue weighted by molar-refractivity contribution is 5.84. The third kappa shape index (κ3) is 4.72. The minimum Gasteiger partial charge on any atom is -0.480 e. The number of carbonyl (C=O) groups is 3. The number of nitrogens with one attached hydrogen (secondary N) is 2. The number of alkyl carbamates (subject to hydrolysis) is 1. The quantitative estimate of drug-likeness (QED) is 0.534. The molecule has 8 heteroatoms. The third-order valence-corrected chi connectivity index (χ3v) is 4.78. The van der Waals surface area contributed by atoms with Gasteiger partial charge in [0.2, 0.25) is 5.91 Å². The first-order chi connectivity index (χ1) is 14.0. The summed E-state index contributed by atoms with van der Waals surface area (Å²) >= 11 is 0. The number of carbonyl (C=O) groups excluding carboxylic acids is 2. The number of carboxylic acids is 1. The van der Waals surface area contributed by atoms with E-state index in [1.165, 1.54) is 0 Å². The van der Waals surface area contributed by atoms with Gasteiger partial charge in [-0.25, -0.2) is 9.59 Å². The van der Waals surface area contributed by atoms with Gasteiger partial charge in [-0.1, -0.05) is 48.5 Å². The lowest BCUT2D eigenvalue weighted by Gasteiger charge is -2.15. The van der Waals surface area contributed by atoms with E-state index in [-0.39, 0.29) is 25.5 Å². The Morgan fingerprint density at radius 1 is 1.00 bits per heavy atom. The average molecular weight is 398 g/mol. The largest absolute Gasteiger partial charge is 0.480 e. The number of benzene rings is 2. The second-order valence-electron chi connectivity index (χ2n) is 6.64. The van der Waals surface area contributed by atoms with E-state index < -0.39 is 30.6 Å². The first-order valence-corrected chi connectivity index (χ1v) is 9.23. The number of aliphatic carboxylic acids is 1. The molecule has 0 heterocycles. The zero-order valence-corrected chi connectivity index (χ0v) is 15.6. The van der Waals surface area contributed by atoms with Gasteiger partial charge < -0.3 is 25.6 Å². The van der Waals surface area contributed by atoms with Crippen LogP contribution in [0.5, 0.6) is 0 Å². The number of carboxylic acid groups (broad SMARTS) is 1. The van der Waals surface area contributed by atoms with Crippen molar-refractivity contribution in [1.82, 2.24) is 10.6 Å². The Bertz CT molecular complexity index is 868. The molecule has 2 aromatic carbocycles. The Morgan fingerprint density at radius 3 is 2.14 bits per heavy atom. The van der Waals surface area contributed by atoms with Crippen LogP contribution in [0.2, 0.25) is 0 Å². The van der Waals surface area contributed by atoms with E-state index in [2.05, 4.69) is 10.6 Å². The maximum absolute atomic E-state index is 12.0. The second kappa shape index (κ2) is 9.20. The summed E-state index contributed by atoms with van der Waals surface area (Å²) in [6, 6.07) is 14.6. The zero-order valence-electron chi connectivity index (χ0n) is 15.6. The van der Waals surface area contributed by atoms with Crippen LogP contribution in [0.25, 0.3) is 11.1 Å². The number of amides is 2. The molecule has 4 N–H and O–H groups in total. The van der Waals surface area contributed by atoms with Crippen molar-refractivity contribution in [1.29, 1.82) is 0 Å². The van der Waals surface area contributed by atoms with E-state index in [1.807, 2.05) is 48.5 Å². The van der Waals surface area contributed by atoms with Crippen molar-refractivity contribution in [2.24, 2.45) is 0 Å². The molecule has 3 rings (SSSR count). The Kier molecular flexibility index (Phi) is 6.46. The molecule has 8 nitrogen and oxygen atoms in total. The van der Waals surface area contributed by atoms with Gasteiger partial charge in [0.05, 0.1) is 6.61 Å². The van der Waals surface area contributed by atoms with Gasteiger partial charge in [-0.3, -0.25) is 4.79 Å². The van der Waals surface area contributed by atoms with E-state index in [9.17, 15) is 14.4 Å². The predicted octanol–water partition coefficient (Wildman–Crippen LogP) is 1.48. The Hall–Kier alpha value is -3.39. The fourth-order valence-corrected chi connectivity index (χ4v) is 3.38. The number of ether oxygens (including phenoxy) is 1. The fourth-order valence-electron chi connectivity index (χ4n) is 3.38. The molecule has 2 aromatic rings. The smallest absolute Gasteiger partial charge is 0.407 e. The van der Waals surface area contributed by atoms with E-state index >= 15 is 0 Å². The number of aliphatic hydroxyl groups is 1. The van der Waals surface area contributed by atoms with E-state index in [0.717, 1.165) is 22.3 Å². The summed E-state index contributed by atoms with van der Waals surface area (Å²) < 4.78 is 5.35. The topological polar surface area (TPSA) is 125 Å². The molecule has 152 valence electrons. The molecule has 0 aliphatic heterocycles. The predicted molar refractivity (Wildman–Crippen MR) is 104 cm³/mol. The van der Waals surface area contributed by atoms with Crippen LogP contribution in [0.4, 0.5) is 4.79 Å². The molecule has 1 atom stereocenters. The lowest BCUT2D eigenvalue weighted by atomic mass is 9.98. The molecule has 0 aromatic heterocycles. The first kappa shape index (κ1) is 20.3. The van der Waals surface area contributed by atoms with Crippen LogP contribution < -0.4 is 10.6 Å². The Balaban J connectivity index is 1.49. The standard InChI is InChI=1S/C21H22N2O6/c24-11-18(20(26)27)23-19(25)9-10-22-21(28)29-12-17-15-7-3-1-5-13(15)14-6-2-4-8-16(14)17/h1-8,17-18,24H,9-12H2,(H,22,28)(H,23,25)(H,26,27). The number of fused-ring (bicyclic) bond motifs is 3. The molecule has 0 radical (unpaired) electrons. The molecular formula is C21H22N2O6. The molecule has 0 bridgehead atoms. The molecule has 1 aliphatic rings. The van der Waals surface area contributed by atoms with Crippen LogP contribution in [-0.4, -0.2) is 54.0 Å². The van der Waals surface area contributed by atoms with E-state index in [1.54, 1.807) is 0 Å². The molecule has 0 saturated carbocycles. The second-order valence-corrected chi connectivity index (χ2v) is 6.64. The van der Waals surface area contributed by atoms with E-state index in [4.69, 9.17) is 14.9 Å². The van der Waals surface area contributed by atoms with Crippen molar-refractivity contribution >= 4 is 18.0 Å². The lowest BCUT2D eigenvalue weighted by Crippen LogP contribution is -2.44. The van der Waals surface area contributed by atoms with Crippen molar-refractivity contribution in [2.75, 3.05) is 19.8 Å². The molecule has 2 amide bonds. The number of rotatable bonds is 8. The van der Waals surface area contributed by atoms with Crippen molar-refractivity contribution in [2.45, 2.75) is 18.4 Å². The molecular weight excluding hydrogens is 376 g/mol. The summed E-state index contributed by atoms with van der Waals surface area (Å²) in [5.74, 6) is -1.98. The van der Waals surface area contributed by atoms with Gasteiger partial charge in [-0.15, -0.1) is 0 Å². The fraction of sp³-hybridized carbons (Fsp3) is 0.286. The van der Waals surface area contributed by atoms with Gasteiger partial charge >= 0.3 is 12.1 Å². The Morgan fingerprint density at radius 2 is 1.59 bits per heavy atom. The summed E-state index contributed by atoms with van der Waals surface area (Å²) in [7, 11) is 0. The van der Waals surface area contributed by atoms with Crippen molar-refractivity contribution in [3.63, 3.8) is 0 Å². The Labute approximate surface area is 167 Å². The van der Waals surface area contributed by atoms with Crippen LogP contribution in [0.1, 0.15) is 23.5 Å². The van der Waals surface area contributed by atoms with Crippen LogP contribution in [0.3, 0.4) is 0 Å².